The summed E-state index contributed by atoms with van der Waals surface area (Å²) in [5, 5.41) is 12.1. The van der Waals surface area contributed by atoms with Gasteiger partial charge in [-0.15, -0.1) is 11.7 Å². The van der Waals surface area contributed by atoms with Crippen molar-refractivity contribution < 1.29 is 17.9 Å². The highest BCUT2D eigenvalue weighted by atomic mass is 32.2. The van der Waals surface area contributed by atoms with E-state index in [0.717, 1.165) is 0 Å². The first kappa shape index (κ1) is 19.8. The van der Waals surface area contributed by atoms with Crippen LogP contribution in [0.25, 0.3) is 0 Å². The van der Waals surface area contributed by atoms with Crippen molar-refractivity contribution in [2.45, 2.75) is 16.6 Å². The van der Waals surface area contributed by atoms with E-state index < -0.39 is 10.0 Å². The molecule has 0 atom stereocenters. The van der Waals surface area contributed by atoms with Crippen molar-refractivity contribution in [3.05, 3.63) is 36.9 Å². The highest BCUT2D eigenvalue weighted by Gasteiger charge is 2.26. The number of morpholine rings is 1. The molecule has 0 N–H and O–H groups in total. The average Bonchev–Trinajstić information content (AvgIpc) is 3.14. The quantitative estimate of drug-likeness (QED) is 0.343. The van der Waals surface area contributed by atoms with Gasteiger partial charge in [-0.1, -0.05) is 17.8 Å². The summed E-state index contributed by atoms with van der Waals surface area (Å²) in [6.45, 7) is 6.27. The number of ether oxygens (including phenoxy) is 2. The van der Waals surface area contributed by atoms with E-state index in [0.29, 0.717) is 56.1 Å². The predicted octanol–water partition coefficient (Wildman–Crippen LogP) is 1.05. The third-order valence-electron chi connectivity index (χ3n) is 3.82. The Morgan fingerprint density at radius 1 is 1.26 bits per heavy atom. The van der Waals surface area contributed by atoms with E-state index in [-0.39, 0.29) is 4.90 Å². The van der Waals surface area contributed by atoms with Crippen LogP contribution in [0.4, 0.5) is 0 Å². The number of nitrogens with zero attached hydrogens (tertiary/aromatic N) is 5. The summed E-state index contributed by atoms with van der Waals surface area (Å²) in [6, 6.07) is 6.47. The second-order valence-corrected chi connectivity index (χ2v) is 8.62. The zero-order valence-electron chi connectivity index (χ0n) is 14.7. The molecular formula is C16H21N5O4S2. The van der Waals surface area contributed by atoms with Crippen LogP contribution >= 0.6 is 11.8 Å². The van der Waals surface area contributed by atoms with Crippen LogP contribution in [-0.4, -0.2) is 71.6 Å². The normalized spacial score (nSPS) is 15.6. The van der Waals surface area contributed by atoms with E-state index in [1.54, 1.807) is 35.0 Å². The van der Waals surface area contributed by atoms with Crippen molar-refractivity contribution in [2.24, 2.45) is 0 Å². The first-order chi connectivity index (χ1) is 13.1. The second kappa shape index (κ2) is 9.31. The summed E-state index contributed by atoms with van der Waals surface area (Å²) >= 11 is 1.48. The highest BCUT2D eigenvalue weighted by molar-refractivity contribution is 7.99. The van der Waals surface area contributed by atoms with Crippen molar-refractivity contribution in [2.75, 3.05) is 38.7 Å². The van der Waals surface area contributed by atoms with Gasteiger partial charge in [0, 0.05) is 18.8 Å². The lowest BCUT2D eigenvalue weighted by molar-refractivity contribution is 0.0730. The minimum Gasteiger partial charge on any atom is -0.493 e. The summed E-state index contributed by atoms with van der Waals surface area (Å²) in [5.74, 6) is 1.27. The Morgan fingerprint density at radius 2 is 2.00 bits per heavy atom. The van der Waals surface area contributed by atoms with E-state index in [9.17, 15) is 8.42 Å². The maximum Gasteiger partial charge on any atom is 0.243 e. The monoisotopic (exact) mass is 411 g/mol. The van der Waals surface area contributed by atoms with Gasteiger partial charge in [0.1, 0.15) is 5.75 Å². The van der Waals surface area contributed by atoms with E-state index in [1.807, 2.05) is 0 Å². The molecule has 9 nitrogen and oxygen atoms in total. The Morgan fingerprint density at radius 3 is 2.70 bits per heavy atom. The topological polar surface area (TPSA) is 99.4 Å². The molecule has 0 saturated carbocycles. The fourth-order valence-electron chi connectivity index (χ4n) is 2.47. The van der Waals surface area contributed by atoms with E-state index in [2.05, 4.69) is 22.1 Å². The Hall–Kier alpha value is -1.95. The van der Waals surface area contributed by atoms with Crippen LogP contribution in [-0.2, 0) is 21.3 Å². The lowest BCUT2D eigenvalue weighted by atomic mass is 10.3. The SMILES string of the molecule is C=CCn1nnnc1SCCOc1ccc(S(=O)(=O)N2CCOCC2)cc1. The summed E-state index contributed by atoms with van der Waals surface area (Å²) in [4.78, 5) is 0.259. The first-order valence-corrected chi connectivity index (χ1v) is 10.8. The Bertz CT molecular complexity index is 848. The zero-order valence-corrected chi connectivity index (χ0v) is 16.4. The van der Waals surface area contributed by atoms with Crippen LogP contribution in [0.15, 0.2) is 47.0 Å². The molecule has 0 radical (unpaired) electrons. The van der Waals surface area contributed by atoms with Crippen LogP contribution in [0.2, 0.25) is 0 Å². The lowest BCUT2D eigenvalue weighted by Gasteiger charge is -2.26. The van der Waals surface area contributed by atoms with Crippen LogP contribution in [0.5, 0.6) is 5.75 Å². The van der Waals surface area contributed by atoms with Crippen molar-refractivity contribution in [3.8, 4) is 5.75 Å². The second-order valence-electron chi connectivity index (χ2n) is 5.62. The number of rotatable bonds is 9. The number of hydrogen-bond acceptors (Lipinski definition) is 8. The molecule has 1 aromatic carbocycles. The van der Waals surface area contributed by atoms with Gasteiger partial charge in [0.2, 0.25) is 15.2 Å². The minimum absolute atomic E-state index is 0.259. The molecule has 1 aliphatic heterocycles. The van der Waals surface area contributed by atoms with Gasteiger partial charge in [0.05, 0.1) is 31.3 Å². The van der Waals surface area contributed by atoms with Gasteiger partial charge in [-0.25, -0.2) is 13.1 Å². The molecular weight excluding hydrogens is 390 g/mol. The minimum atomic E-state index is -3.48. The summed E-state index contributed by atoms with van der Waals surface area (Å²) in [6.07, 6.45) is 1.73. The van der Waals surface area contributed by atoms with Gasteiger partial charge in [0.15, 0.2) is 0 Å². The number of thioether (sulfide) groups is 1. The van der Waals surface area contributed by atoms with Crippen molar-refractivity contribution in [1.29, 1.82) is 0 Å². The highest BCUT2D eigenvalue weighted by Crippen LogP contribution is 2.21. The van der Waals surface area contributed by atoms with Crippen LogP contribution in [0.1, 0.15) is 0 Å². The molecule has 3 rings (SSSR count). The molecule has 1 aliphatic rings. The summed E-state index contributed by atoms with van der Waals surface area (Å²) < 4.78 is 39.1. The van der Waals surface area contributed by atoms with E-state index >= 15 is 0 Å². The number of benzene rings is 1. The number of allylic oxidation sites excluding steroid dienone is 1. The Kier molecular flexibility index (Phi) is 6.83. The van der Waals surface area contributed by atoms with E-state index in [4.69, 9.17) is 9.47 Å². The molecule has 1 saturated heterocycles. The van der Waals surface area contributed by atoms with Crippen molar-refractivity contribution >= 4 is 21.8 Å². The van der Waals surface area contributed by atoms with Crippen LogP contribution in [0.3, 0.4) is 0 Å². The Balaban J connectivity index is 1.50. The fourth-order valence-corrected chi connectivity index (χ4v) is 4.58. The van der Waals surface area contributed by atoms with E-state index in [1.165, 1.54) is 16.1 Å². The molecule has 2 heterocycles. The maximum absolute atomic E-state index is 12.6. The van der Waals surface area contributed by atoms with Gasteiger partial charge in [-0.3, -0.25) is 0 Å². The number of aromatic nitrogens is 4. The summed E-state index contributed by atoms with van der Waals surface area (Å²) in [5.41, 5.74) is 0. The van der Waals surface area contributed by atoms with Crippen molar-refractivity contribution in [1.82, 2.24) is 24.5 Å². The van der Waals surface area contributed by atoms with Gasteiger partial charge in [-0.05, 0) is 34.7 Å². The third kappa shape index (κ3) is 5.06. The molecule has 0 bridgehead atoms. The molecule has 1 aromatic heterocycles. The smallest absolute Gasteiger partial charge is 0.243 e. The molecule has 1 fully saturated rings. The Labute approximate surface area is 162 Å². The van der Waals surface area contributed by atoms with Crippen LogP contribution < -0.4 is 4.74 Å². The van der Waals surface area contributed by atoms with Gasteiger partial charge in [-0.2, -0.15) is 4.31 Å². The molecule has 27 heavy (non-hydrogen) atoms. The first-order valence-electron chi connectivity index (χ1n) is 8.42. The largest absolute Gasteiger partial charge is 0.493 e. The third-order valence-corrected chi connectivity index (χ3v) is 6.65. The van der Waals surface area contributed by atoms with Crippen LogP contribution in [0, 0.1) is 0 Å². The summed E-state index contributed by atoms with van der Waals surface area (Å²) in [7, 11) is -3.48. The molecule has 0 amide bonds. The standard InChI is InChI=1S/C16H21N5O4S2/c1-2-7-21-16(17-18-19-21)26-13-12-25-14-3-5-15(6-4-14)27(22,23)20-8-10-24-11-9-20/h2-6H,1,7-13H2. The predicted molar refractivity (Wildman–Crippen MR) is 100 cm³/mol. The van der Waals surface area contributed by atoms with Gasteiger partial charge < -0.3 is 9.47 Å². The number of tetrazole rings is 1. The number of sulfonamides is 1. The zero-order chi connectivity index (χ0) is 19.1. The molecule has 0 unspecified atom stereocenters. The molecule has 0 aliphatic carbocycles. The molecule has 11 heteroatoms. The molecule has 2 aromatic rings. The van der Waals surface area contributed by atoms with Gasteiger partial charge >= 0.3 is 0 Å². The molecule has 0 spiro atoms. The number of hydrogen-bond donors (Lipinski definition) is 0. The van der Waals surface area contributed by atoms with Crippen molar-refractivity contribution in [3.63, 3.8) is 0 Å². The average molecular weight is 412 g/mol. The maximum atomic E-state index is 12.6. The van der Waals surface area contributed by atoms with Gasteiger partial charge in [0.25, 0.3) is 0 Å². The lowest BCUT2D eigenvalue weighted by Crippen LogP contribution is -2.40. The molecule has 146 valence electrons. The fraction of sp³-hybridized carbons (Fsp3) is 0.438.